The molecule has 0 bridgehead atoms. The molecule has 0 saturated carbocycles. The third-order valence-corrected chi connectivity index (χ3v) is 3.18. The number of rotatable bonds is 7. The fourth-order valence-corrected chi connectivity index (χ4v) is 2.02. The largest absolute Gasteiger partial charge is 0.355 e. The minimum absolute atomic E-state index is 0.0508. The van der Waals surface area contributed by atoms with E-state index < -0.39 is 0 Å². The minimum Gasteiger partial charge on any atom is -0.355 e. The Hall–Kier alpha value is -1.39. The summed E-state index contributed by atoms with van der Waals surface area (Å²) in [5.41, 5.74) is 8.22. The Bertz CT molecular complexity index is 389. The van der Waals surface area contributed by atoms with E-state index in [0.29, 0.717) is 13.1 Å². The van der Waals surface area contributed by atoms with Crippen molar-refractivity contribution in [1.82, 2.24) is 10.2 Å². The third-order valence-electron chi connectivity index (χ3n) is 3.18. The highest BCUT2D eigenvalue weighted by atomic mass is 16.2. The number of hydrogen-bond donors (Lipinski definition) is 2. The molecule has 0 aliphatic heterocycles. The number of hydrogen-bond acceptors (Lipinski definition) is 3. The smallest absolute Gasteiger partial charge is 0.234 e. The lowest BCUT2D eigenvalue weighted by Crippen LogP contribution is -2.39. The second-order valence-corrected chi connectivity index (χ2v) is 4.93. The van der Waals surface area contributed by atoms with Crippen molar-refractivity contribution >= 4 is 5.91 Å². The molecule has 1 amide bonds. The lowest BCUT2D eigenvalue weighted by Gasteiger charge is -2.26. The van der Waals surface area contributed by atoms with Gasteiger partial charge in [-0.15, -0.1) is 0 Å². The molecular weight excluding hydrogens is 238 g/mol. The molecule has 1 atom stereocenters. The second kappa shape index (κ2) is 7.92. The zero-order valence-electron chi connectivity index (χ0n) is 12.1. The zero-order chi connectivity index (χ0) is 14.3. The van der Waals surface area contributed by atoms with E-state index in [-0.39, 0.29) is 11.9 Å². The summed E-state index contributed by atoms with van der Waals surface area (Å²) in [6, 6.07) is 8.38. The van der Waals surface area contributed by atoms with Crippen LogP contribution in [0.2, 0.25) is 0 Å². The summed E-state index contributed by atoms with van der Waals surface area (Å²) in [6.07, 6.45) is 0.952. The van der Waals surface area contributed by atoms with Gasteiger partial charge in [-0.2, -0.15) is 0 Å². The Labute approximate surface area is 116 Å². The van der Waals surface area contributed by atoms with Gasteiger partial charge < -0.3 is 11.1 Å². The molecule has 106 valence electrons. The molecule has 1 aromatic rings. The van der Waals surface area contributed by atoms with E-state index in [1.807, 2.05) is 18.9 Å². The summed E-state index contributed by atoms with van der Waals surface area (Å²) in [5.74, 6) is 0.0508. The topological polar surface area (TPSA) is 58.4 Å². The first-order valence-corrected chi connectivity index (χ1v) is 6.82. The molecule has 0 fully saturated rings. The minimum atomic E-state index is 0.0508. The molecule has 1 unspecified atom stereocenters. The van der Waals surface area contributed by atoms with Crippen molar-refractivity contribution in [3.05, 3.63) is 35.4 Å². The molecule has 0 saturated heterocycles. The maximum atomic E-state index is 11.7. The molecule has 0 spiro atoms. The monoisotopic (exact) mass is 263 g/mol. The van der Waals surface area contributed by atoms with E-state index in [1.54, 1.807) is 0 Å². The SMILES string of the molecule is CCCNC(=O)CN(C)C(CN)c1ccc(C)cc1. The van der Waals surface area contributed by atoms with Gasteiger partial charge in [-0.3, -0.25) is 9.69 Å². The number of nitrogens with two attached hydrogens (primary N) is 1. The first kappa shape index (κ1) is 15.7. The van der Waals surface area contributed by atoms with Crippen LogP contribution in [0, 0.1) is 6.92 Å². The van der Waals surface area contributed by atoms with Crippen molar-refractivity contribution in [1.29, 1.82) is 0 Å². The van der Waals surface area contributed by atoms with Crippen LogP contribution in [-0.4, -0.2) is 37.5 Å². The highest BCUT2D eigenvalue weighted by molar-refractivity contribution is 5.78. The van der Waals surface area contributed by atoms with Crippen LogP contribution in [0.25, 0.3) is 0 Å². The lowest BCUT2D eigenvalue weighted by atomic mass is 10.0. The predicted octanol–water partition coefficient (Wildman–Crippen LogP) is 1.45. The number of carbonyl (C=O) groups excluding carboxylic acids is 1. The van der Waals surface area contributed by atoms with Crippen molar-refractivity contribution in [3.63, 3.8) is 0 Å². The summed E-state index contributed by atoms with van der Waals surface area (Å²) in [4.78, 5) is 13.7. The average Bonchev–Trinajstić information content (AvgIpc) is 2.39. The van der Waals surface area contributed by atoms with Gasteiger partial charge >= 0.3 is 0 Å². The second-order valence-electron chi connectivity index (χ2n) is 4.93. The van der Waals surface area contributed by atoms with Crippen LogP contribution >= 0.6 is 0 Å². The molecule has 1 aromatic carbocycles. The van der Waals surface area contributed by atoms with E-state index in [9.17, 15) is 4.79 Å². The molecule has 0 radical (unpaired) electrons. The molecule has 1 rings (SSSR count). The van der Waals surface area contributed by atoms with Gasteiger partial charge in [0.05, 0.1) is 6.54 Å². The number of nitrogens with one attached hydrogen (secondary N) is 1. The van der Waals surface area contributed by atoms with Crippen LogP contribution in [0.4, 0.5) is 0 Å². The molecule has 0 aromatic heterocycles. The van der Waals surface area contributed by atoms with E-state index >= 15 is 0 Å². The highest BCUT2D eigenvalue weighted by Crippen LogP contribution is 2.18. The Morgan fingerprint density at radius 3 is 2.53 bits per heavy atom. The van der Waals surface area contributed by atoms with Crippen molar-refractivity contribution < 1.29 is 4.79 Å². The first-order valence-electron chi connectivity index (χ1n) is 6.82. The molecule has 4 nitrogen and oxygen atoms in total. The summed E-state index contributed by atoms with van der Waals surface area (Å²) in [6.45, 7) is 5.70. The Morgan fingerprint density at radius 2 is 2.00 bits per heavy atom. The predicted molar refractivity (Wildman–Crippen MR) is 78.9 cm³/mol. The van der Waals surface area contributed by atoms with Crippen LogP contribution < -0.4 is 11.1 Å². The number of benzene rings is 1. The molecule has 4 heteroatoms. The quantitative estimate of drug-likeness (QED) is 0.783. The summed E-state index contributed by atoms with van der Waals surface area (Å²) in [5, 5.41) is 2.88. The molecule has 0 aliphatic rings. The van der Waals surface area contributed by atoms with Crippen molar-refractivity contribution in [2.45, 2.75) is 26.3 Å². The van der Waals surface area contributed by atoms with Crippen LogP contribution in [0.15, 0.2) is 24.3 Å². The normalized spacial score (nSPS) is 12.5. The zero-order valence-corrected chi connectivity index (χ0v) is 12.1. The van der Waals surface area contributed by atoms with Gasteiger partial charge in [-0.25, -0.2) is 0 Å². The average molecular weight is 263 g/mol. The van der Waals surface area contributed by atoms with Crippen LogP contribution in [-0.2, 0) is 4.79 Å². The maximum Gasteiger partial charge on any atom is 0.234 e. The standard InChI is InChI=1S/C15H25N3O/c1-4-9-17-15(19)11-18(3)14(10-16)13-7-5-12(2)6-8-13/h5-8,14H,4,9-11,16H2,1-3H3,(H,17,19). The van der Waals surface area contributed by atoms with Gasteiger partial charge in [0.2, 0.25) is 5.91 Å². The van der Waals surface area contributed by atoms with E-state index in [2.05, 4.69) is 36.5 Å². The van der Waals surface area contributed by atoms with Gasteiger partial charge in [0, 0.05) is 19.1 Å². The number of amides is 1. The van der Waals surface area contributed by atoms with E-state index in [0.717, 1.165) is 18.5 Å². The summed E-state index contributed by atoms with van der Waals surface area (Å²) < 4.78 is 0. The third kappa shape index (κ3) is 5.01. The lowest BCUT2D eigenvalue weighted by molar-refractivity contribution is -0.122. The van der Waals surface area contributed by atoms with Gasteiger partial charge in [-0.05, 0) is 26.0 Å². The van der Waals surface area contributed by atoms with E-state index in [1.165, 1.54) is 5.56 Å². The summed E-state index contributed by atoms with van der Waals surface area (Å²) in [7, 11) is 1.93. The maximum absolute atomic E-state index is 11.7. The molecule has 3 N–H and O–H groups in total. The Balaban J connectivity index is 2.63. The number of carbonyl (C=O) groups is 1. The molecular formula is C15H25N3O. The number of likely N-dealkylation sites (N-methyl/N-ethyl adjacent to an activating group) is 1. The summed E-state index contributed by atoms with van der Waals surface area (Å²) >= 11 is 0. The van der Waals surface area contributed by atoms with Gasteiger partial charge in [0.15, 0.2) is 0 Å². The van der Waals surface area contributed by atoms with Gasteiger partial charge in [0.1, 0.15) is 0 Å². The van der Waals surface area contributed by atoms with E-state index in [4.69, 9.17) is 5.73 Å². The van der Waals surface area contributed by atoms with Gasteiger partial charge in [0.25, 0.3) is 0 Å². The first-order chi connectivity index (χ1) is 9.08. The van der Waals surface area contributed by atoms with Crippen molar-refractivity contribution in [2.24, 2.45) is 5.73 Å². The Morgan fingerprint density at radius 1 is 1.37 bits per heavy atom. The molecule has 0 heterocycles. The fraction of sp³-hybridized carbons (Fsp3) is 0.533. The number of nitrogens with zero attached hydrogens (tertiary/aromatic N) is 1. The molecule has 19 heavy (non-hydrogen) atoms. The van der Waals surface area contributed by atoms with Crippen LogP contribution in [0.3, 0.4) is 0 Å². The Kier molecular flexibility index (Phi) is 6.53. The van der Waals surface area contributed by atoms with Crippen molar-refractivity contribution in [2.75, 3.05) is 26.7 Å². The van der Waals surface area contributed by atoms with Gasteiger partial charge in [-0.1, -0.05) is 36.8 Å². The van der Waals surface area contributed by atoms with Crippen molar-refractivity contribution in [3.8, 4) is 0 Å². The van der Waals surface area contributed by atoms with Crippen LogP contribution in [0.1, 0.15) is 30.5 Å². The highest BCUT2D eigenvalue weighted by Gasteiger charge is 2.17. The fourth-order valence-electron chi connectivity index (χ4n) is 2.02. The van der Waals surface area contributed by atoms with Crippen LogP contribution in [0.5, 0.6) is 0 Å². The molecule has 0 aliphatic carbocycles. The number of aryl methyl sites for hydroxylation is 1.